The summed E-state index contributed by atoms with van der Waals surface area (Å²) in [7, 11) is -1.33. The Morgan fingerprint density at radius 3 is 2.25 bits per heavy atom. The Morgan fingerprint density at radius 1 is 1.62 bits per heavy atom. The quantitative estimate of drug-likeness (QED) is 0.467. The van der Waals surface area contributed by atoms with Crippen LogP contribution in [0.3, 0.4) is 0 Å². The van der Waals surface area contributed by atoms with Crippen molar-refractivity contribution < 1.29 is 11.9 Å². The van der Waals surface area contributed by atoms with Gasteiger partial charge in [0.25, 0.3) is 0 Å². The van der Waals surface area contributed by atoms with Crippen molar-refractivity contribution in [3.05, 3.63) is 0 Å². The minimum absolute atomic E-state index is 0. The van der Waals surface area contributed by atoms with Crippen LogP contribution < -0.4 is 0 Å². The molecule has 0 saturated carbocycles. The van der Waals surface area contributed by atoms with Gasteiger partial charge in [-0.3, -0.25) is 0 Å². The summed E-state index contributed by atoms with van der Waals surface area (Å²) in [6.07, 6.45) is 0.628. The van der Waals surface area contributed by atoms with E-state index in [0.717, 1.165) is 0 Å². The molecule has 0 radical (unpaired) electrons. The van der Waals surface area contributed by atoms with Crippen LogP contribution in [-0.4, -0.2) is 50.5 Å². The van der Waals surface area contributed by atoms with Crippen LogP contribution in [-0.2, 0) is 9.09 Å². The van der Waals surface area contributed by atoms with Gasteiger partial charge in [0.2, 0.25) is 0 Å². The molecule has 0 heterocycles. The first-order valence-electron chi connectivity index (χ1n) is 2.38. The van der Waals surface area contributed by atoms with Gasteiger partial charge in [-0.25, -0.2) is 0 Å². The van der Waals surface area contributed by atoms with Crippen LogP contribution >= 0.6 is 8.03 Å². The van der Waals surface area contributed by atoms with Gasteiger partial charge in [-0.05, 0) is 18.4 Å². The van der Waals surface area contributed by atoms with Crippen molar-refractivity contribution in [2.75, 3.05) is 12.8 Å². The third kappa shape index (κ3) is 7.32. The van der Waals surface area contributed by atoms with Crippen molar-refractivity contribution in [1.29, 1.82) is 0 Å². The molecule has 0 spiro atoms. The van der Waals surface area contributed by atoms with Gasteiger partial charge in [0.1, 0.15) is 0 Å². The molecule has 0 amide bonds. The summed E-state index contributed by atoms with van der Waals surface area (Å²) in [6, 6.07) is 0. The van der Waals surface area contributed by atoms with E-state index >= 15 is 0 Å². The average Bonchev–Trinajstić information content (AvgIpc) is 1.68. The van der Waals surface area contributed by atoms with Crippen LogP contribution in [0.15, 0.2) is 0 Å². The summed E-state index contributed by atoms with van der Waals surface area (Å²) in [5.41, 5.74) is 0. The van der Waals surface area contributed by atoms with Gasteiger partial charge in [-0.15, -0.1) is 4.52 Å². The van der Waals surface area contributed by atoms with E-state index in [9.17, 15) is 4.57 Å². The topological polar surface area (TPSA) is 26.3 Å². The molecule has 8 heavy (non-hydrogen) atoms. The van der Waals surface area contributed by atoms with Gasteiger partial charge in [-0.1, -0.05) is 0 Å². The zero-order chi connectivity index (χ0) is 5.70. The molecular formula is C4H12CaO2P+. The second-order valence-corrected chi connectivity index (χ2v) is 2.62. The first-order valence-corrected chi connectivity index (χ1v) is 3.75. The molecule has 1 atom stereocenters. The molecule has 0 fully saturated rings. The van der Waals surface area contributed by atoms with E-state index in [-0.39, 0.29) is 40.6 Å². The summed E-state index contributed by atoms with van der Waals surface area (Å²) in [4.78, 5) is 0. The van der Waals surface area contributed by atoms with Crippen LogP contribution in [0.2, 0.25) is 0 Å². The zero-order valence-electron chi connectivity index (χ0n) is 7.39. The predicted octanol–water partition coefficient (Wildman–Crippen LogP) is 1.63. The molecule has 0 aliphatic carbocycles. The molecule has 46 valence electrons. The van der Waals surface area contributed by atoms with E-state index < -0.39 is 8.03 Å². The van der Waals surface area contributed by atoms with Crippen molar-refractivity contribution in [1.82, 2.24) is 0 Å². The van der Waals surface area contributed by atoms with Crippen LogP contribution in [0, 0.1) is 0 Å². The number of hydrogen-bond donors (Lipinski definition) is 0. The molecule has 0 aliphatic heterocycles. The van der Waals surface area contributed by atoms with Crippen LogP contribution in [0.1, 0.15) is 16.7 Å². The standard InChI is InChI=1S/C4H10O2P.Ca.2H/c1-3-6-7(5)4-2;;;/h3-4H2,1-2H3;;;/q+1;+2;2*-1. The number of hydrogen-bond acceptors (Lipinski definition) is 2. The molecule has 1 unspecified atom stereocenters. The zero-order valence-corrected chi connectivity index (χ0v) is 8.49. The monoisotopic (exact) mass is 163 g/mol. The summed E-state index contributed by atoms with van der Waals surface area (Å²) in [5.74, 6) is 0. The molecule has 0 rings (SSSR count). The molecule has 0 N–H and O–H groups in total. The van der Waals surface area contributed by atoms with Crippen molar-refractivity contribution >= 4 is 45.8 Å². The Hall–Kier alpha value is 1.32. The van der Waals surface area contributed by atoms with E-state index in [1.165, 1.54) is 0 Å². The molecular weight excluding hydrogens is 151 g/mol. The molecule has 0 aromatic rings. The van der Waals surface area contributed by atoms with Crippen molar-refractivity contribution in [2.45, 2.75) is 13.8 Å². The first-order chi connectivity index (χ1) is 3.31. The Balaban J connectivity index is -0.0000000600. The molecule has 0 aromatic carbocycles. The van der Waals surface area contributed by atoms with Crippen molar-refractivity contribution in [2.24, 2.45) is 0 Å². The van der Waals surface area contributed by atoms with Gasteiger partial charge >= 0.3 is 45.8 Å². The van der Waals surface area contributed by atoms with Gasteiger partial charge in [-0.2, -0.15) is 0 Å². The summed E-state index contributed by atoms with van der Waals surface area (Å²) in [6.45, 7) is 4.24. The third-order valence-electron chi connectivity index (χ3n) is 0.531. The summed E-state index contributed by atoms with van der Waals surface area (Å²) < 4.78 is 15.0. The van der Waals surface area contributed by atoms with Crippen LogP contribution in [0.4, 0.5) is 0 Å². The Kier molecular flexibility index (Phi) is 12.5. The molecule has 0 saturated heterocycles. The molecule has 0 aromatic heterocycles. The van der Waals surface area contributed by atoms with E-state index in [1.807, 2.05) is 13.8 Å². The van der Waals surface area contributed by atoms with E-state index in [4.69, 9.17) is 4.52 Å². The van der Waals surface area contributed by atoms with Gasteiger partial charge < -0.3 is 2.85 Å². The fourth-order valence-corrected chi connectivity index (χ4v) is 0.706. The fraction of sp³-hybridized carbons (Fsp3) is 1.00. The van der Waals surface area contributed by atoms with Gasteiger partial charge in [0, 0.05) is 0 Å². The maximum Gasteiger partial charge on any atom is 2.00 e. The smallest absolute Gasteiger partial charge is 1.00 e. The maximum atomic E-state index is 10.3. The van der Waals surface area contributed by atoms with E-state index in [0.29, 0.717) is 12.8 Å². The number of rotatable bonds is 3. The van der Waals surface area contributed by atoms with Gasteiger partial charge in [0.15, 0.2) is 6.16 Å². The van der Waals surface area contributed by atoms with Crippen LogP contribution in [0.5, 0.6) is 0 Å². The normalized spacial score (nSPS) is 10.0. The Bertz CT molecular complexity index is 74.3. The molecule has 4 heteroatoms. The Labute approximate surface area is 83.8 Å². The molecule has 2 nitrogen and oxygen atoms in total. The van der Waals surface area contributed by atoms with E-state index in [1.54, 1.807) is 0 Å². The fourth-order valence-electron chi connectivity index (χ4n) is 0.235. The van der Waals surface area contributed by atoms with Crippen molar-refractivity contribution in [3.8, 4) is 0 Å². The Morgan fingerprint density at radius 2 is 2.12 bits per heavy atom. The van der Waals surface area contributed by atoms with Crippen LogP contribution in [0.25, 0.3) is 0 Å². The predicted molar refractivity (Wildman–Crippen MR) is 37.8 cm³/mol. The summed E-state index contributed by atoms with van der Waals surface area (Å²) in [5, 5.41) is 0. The maximum absolute atomic E-state index is 10.3. The largest absolute Gasteiger partial charge is 2.00 e. The molecule has 0 bridgehead atoms. The van der Waals surface area contributed by atoms with Gasteiger partial charge in [0.05, 0.1) is 6.61 Å². The minimum Gasteiger partial charge on any atom is -1.00 e. The average molecular weight is 163 g/mol. The SMILES string of the molecule is CCO[P+](=O)CC.[Ca+2].[H-].[H-]. The second kappa shape index (κ2) is 8.32. The van der Waals surface area contributed by atoms with E-state index in [2.05, 4.69) is 0 Å². The van der Waals surface area contributed by atoms with Crippen molar-refractivity contribution in [3.63, 3.8) is 0 Å². The molecule has 0 aliphatic rings. The summed E-state index contributed by atoms with van der Waals surface area (Å²) >= 11 is 0. The minimum atomic E-state index is -1.33. The first kappa shape index (κ1) is 12.0. The second-order valence-electron chi connectivity index (χ2n) is 1.07. The third-order valence-corrected chi connectivity index (χ3v) is 1.59.